The Labute approximate surface area is 77.7 Å². The van der Waals surface area contributed by atoms with Crippen molar-refractivity contribution in [1.82, 2.24) is 4.90 Å². The second-order valence-corrected chi connectivity index (χ2v) is 3.20. The molecule has 1 heterocycles. The molecule has 1 aliphatic heterocycles. The first-order valence-corrected chi connectivity index (χ1v) is 4.23. The molecule has 12 heavy (non-hydrogen) atoms. The molecule has 0 atom stereocenters. The van der Waals surface area contributed by atoms with Crippen molar-refractivity contribution >= 4 is 8.41 Å². The van der Waals surface area contributed by atoms with Gasteiger partial charge < -0.3 is 4.90 Å². The van der Waals surface area contributed by atoms with E-state index in [0.717, 1.165) is 0 Å². The molecule has 0 aromatic heterocycles. The van der Waals surface area contributed by atoms with Crippen LogP contribution in [-0.4, -0.2) is 19.9 Å². The summed E-state index contributed by atoms with van der Waals surface area (Å²) >= 11 is 0. The Morgan fingerprint density at radius 1 is 1.42 bits per heavy atom. The van der Waals surface area contributed by atoms with E-state index in [1.807, 2.05) is 0 Å². The molecule has 0 aliphatic carbocycles. The molecule has 0 spiro atoms. The lowest BCUT2D eigenvalue weighted by Crippen LogP contribution is -2.15. The van der Waals surface area contributed by atoms with Crippen LogP contribution >= 0.6 is 0 Å². The number of hydrogen-bond donors (Lipinski definition) is 0. The number of allylic oxidation sites excluding steroid dienone is 3. The van der Waals surface area contributed by atoms with Crippen molar-refractivity contribution < 1.29 is 0 Å². The van der Waals surface area contributed by atoms with Crippen LogP contribution < -0.4 is 0 Å². The molecule has 0 N–H and O–H groups in total. The first kappa shape index (κ1) is 11.3. The molecule has 0 saturated heterocycles. The largest absolute Gasteiger partial charge is 0.349 e. The Balaban J connectivity index is 0.00000121. The van der Waals surface area contributed by atoms with Crippen LogP contribution in [0.3, 0.4) is 0 Å². The molecule has 1 nitrogen and oxygen atoms in total. The van der Waals surface area contributed by atoms with Crippen molar-refractivity contribution in [2.75, 3.05) is 6.54 Å². The average molecular weight is 162 g/mol. The van der Waals surface area contributed by atoms with Crippen LogP contribution in [0.25, 0.3) is 0 Å². The minimum absolute atomic E-state index is 0. The van der Waals surface area contributed by atoms with Gasteiger partial charge in [0.1, 0.15) is 0 Å². The van der Waals surface area contributed by atoms with Crippen LogP contribution in [0.5, 0.6) is 0 Å². The van der Waals surface area contributed by atoms with E-state index in [4.69, 9.17) is 0 Å². The molecule has 0 bridgehead atoms. The van der Waals surface area contributed by atoms with E-state index in [0.29, 0.717) is 0 Å². The van der Waals surface area contributed by atoms with Crippen LogP contribution in [0.15, 0.2) is 23.0 Å². The van der Waals surface area contributed by atoms with E-state index in [9.17, 15) is 0 Å². The summed E-state index contributed by atoms with van der Waals surface area (Å²) in [6.45, 7) is 9.86. The Morgan fingerprint density at radius 2 is 2.00 bits per heavy atom. The maximum Gasteiger partial charge on any atom is 0.0262 e. The van der Waals surface area contributed by atoms with Crippen LogP contribution in [-0.2, 0) is 0 Å². The number of hydrogen-bond acceptors (Lipinski definition) is 1. The van der Waals surface area contributed by atoms with Gasteiger partial charge in [0.2, 0.25) is 0 Å². The van der Waals surface area contributed by atoms with Gasteiger partial charge in [-0.2, -0.15) is 0 Å². The van der Waals surface area contributed by atoms with E-state index in [1.165, 1.54) is 29.9 Å². The highest BCUT2D eigenvalue weighted by molar-refractivity contribution is 5.75. The molecule has 65 valence electrons. The average Bonchev–Trinajstić information content (AvgIpc) is 2.32. The summed E-state index contributed by atoms with van der Waals surface area (Å²) in [7, 11) is 0. The topological polar surface area (TPSA) is 3.24 Å². The quantitative estimate of drug-likeness (QED) is 0.535. The summed E-state index contributed by atoms with van der Waals surface area (Å²) in [4.78, 5) is 2.38. The Bertz CT molecular complexity index is 216. The monoisotopic (exact) mass is 162 g/mol. The molecule has 1 rings (SSSR count). The van der Waals surface area contributed by atoms with Gasteiger partial charge in [0.05, 0.1) is 0 Å². The first-order valence-electron chi connectivity index (χ1n) is 4.23. The summed E-state index contributed by atoms with van der Waals surface area (Å²) in [6, 6.07) is 0. The minimum Gasteiger partial charge on any atom is -0.349 e. The summed E-state index contributed by atoms with van der Waals surface area (Å²) < 4.78 is 0. The van der Waals surface area contributed by atoms with Crippen LogP contribution in [0.4, 0.5) is 0 Å². The van der Waals surface area contributed by atoms with Crippen LogP contribution in [0.1, 0.15) is 34.1 Å². The van der Waals surface area contributed by atoms with Gasteiger partial charge in [0.25, 0.3) is 0 Å². The summed E-state index contributed by atoms with van der Waals surface area (Å²) in [5, 5.41) is 0. The molecule has 0 aromatic rings. The number of nitrogens with zero attached hydrogens (tertiary/aromatic N) is 1. The third-order valence-corrected chi connectivity index (χ3v) is 2.58. The molecule has 0 unspecified atom stereocenters. The molecule has 0 amide bonds. The van der Waals surface area contributed by atoms with E-state index in [-0.39, 0.29) is 8.41 Å². The summed E-state index contributed by atoms with van der Waals surface area (Å²) in [5.41, 5.74) is 4.35. The standard InChI is InChI=1S/C10H17N.B/c1-5-9(3)11-7-6-8(2)10(11)4;/h5H,6-7H2,1-4H3;/b9-5-;. The fourth-order valence-electron chi connectivity index (χ4n) is 1.46. The highest BCUT2D eigenvalue weighted by Crippen LogP contribution is 2.25. The molecular weight excluding hydrogens is 145 g/mol. The lowest BCUT2D eigenvalue weighted by Gasteiger charge is -2.20. The highest BCUT2D eigenvalue weighted by atomic mass is 15.2. The molecule has 0 aromatic carbocycles. The molecule has 3 radical (unpaired) electrons. The van der Waals surface area contributed by atoms with Crippen LogP contribution in [0.2, 0.25) is 0 Å². The van der Waals surface area contributed by atoms with Gasteiger partial charge in [-0.05, 0) is 34.1 Å². The third kappa shape index (κ3) is 1.93. The van der Waals surface area contributed by atoms with Gasteiger partial charge in [-0.1, -0.05) is 11.6 Å². The van der Waals surface area contributed by atoms with Crippen LogP contribution in [0, 0.1) is 0 Å². The first-order chi connectivity index (χ1) is 5.16. The fourth-order valence-corrected chi connectivity index (χ4v) is 1.46. The zero-order valence-electron chi connectivity index (χ0n) is 8.52. The maximum atomic E-state index is 2.38. The summed E-state index contributed by atoms with van der Waals surface area (Å²) in [6.07, 6.45) is 3.40. The molecule has 1 aliphatic rings. The highest BCUT2D eigenvalue weighted by Gasteiger charge is 2.15. The predicted molar refractivity (Wildman–Crippen MR) is 54.9 cm³/mol. The van der Waals surface area contributed by atoms with Gasteiger partial charge in [0, 0.05) is 26.4 Å². The Kier molecular flexibility index (Phi) is 4.15. The van der Waals surface area contributed by atoms with E-state index < -0.39 is 0 Å². The molecular formula is C10H17BN. The Hall–Kier alpha value is -0.655. The van der Waals surface area contributed by atoms with Gasteiger partial charge in [-0.3, -0.25) is 0 Å². The fraction of sp³-hybridized carbons (Fsp3) is 0.600. The predicted octanol–water partition coefficient (Wildman–Crippen LogP) is 2.53. The van der Waals surface area contributed by atoms with E-state index in [2.05, 4.69) is 38.7 Å². The molecule has 0 saturated carbocycles. The SMILES string of the molecule is C/C=C(/C)N1CCC(C)=C1C.[B]. The zero-order chi connectivity index (χ0) is 8.43. The van der Waals surface area contributed by atoms with Gasteiger partial charge in [0.15, 0.2) is 0 Å². The van der Waals surface area contributed by atoms with E-state index in [1.54, 1.807) is 0 Å². The number of rotatable bonds is 1. The van der Waals surface area contributed by atoms with Crippen molar-refractivity contribution in [3.63, 3.8) is 0 Å². The van der Waals surface area contributed by atoms with E-state index >= 15 is 0 Å². The molecule has 0 fully saturated rings. The lowest BCUT2D eigenvalue weighted by molar-refractivity contribution is 0.468. The van der Waals surface area contributed by atoms with Crippen molar-refractivity contribution in [2.24, 2.45) is 0 Å². The second-order valence-electron chi connectivity index (χ2n) is 3.20. The second kappa shape index (κ2) is 4.39. The minimum atomic E-state index is 0. The lowest BCUT2D eigenvalue weighted by atomic mass is 10.2. The van der Waals surface area contributed by atoms with Crippen molar-refractivity contribution in [3.05, 3.63) is 23.0 Å². The zero-order valence-corrected chi connectivity index (χ0v) is 8.52. The van der Waals surface area contributed by atoms with Crippen molar-refractivity contribution in [1.29, 1.82) is 0 Å². The van der Waals surface area contributed by atoms with Gasteiger partial charge in [-0.25, -0.2) is 0 Å². The summed E-state index contributed by atoms with van der Waals surface area (Å²) in [5.74, 6) is 0. The van der Waals surface area contributed by atoms with Gasteiger partial charge >= 0.3 is 0 Å². The third-order valence-electron chi connectivity index (χ3n) is 2.58. The normalized spacial score (nSPS) is 18.3. The van der Waals surface area contributed by atoms with Gasteiger partial charge in [-0.15, -0.1) is 0 Å². The Morgan fingerprint density at radius 3 is 2.33 bits per heavy atom. The smallest absolute Gasteiger partial charge is 0.0262 e. The maximum absolute atomic E-state index is 2.38. The van der Waals surface area contributed by atoms with Crippen molar-refractivity contribution in [2.45, 2.75) is 34.1 Å². The molecule has 2 heteroatoms. The van der Waals surface area contributed by atoms with Crippen molar-refractivity contribution in [3.8, 4) is 0 Å².